The van der Waals surface area contributed by atoms with Crippen molar-refractivity contribution in [1.82, 2.24) is 0 Å². The normalized spacial score (nSPS) is 14.8. The Morgan fingerprint density at radius 3 is 2.50 bits per heavy atom. The number of aliphatic hydroxyl groups excluding tert-OH is 3. The molecule has 0 bridgehead atoms. The molecule has 2 unspecified atom stereocenters. The topological polar surface area (TPSA) is 60.7 Å². The Balaban J connectivity index is 2.84. The average Bonchev–Trinajstić information content (AvgIpc) is 2.29. The smallest absolute Gasteiger partial charge is 0.105 e. The van der Waals surface area contributed by atoms with E-state index in [1.54, 1.807) is 6.07 Å². The Bertz CT molecular complexity index is 317. The van der Waals surface area contributed by atoms with E-state index in [1.807, 2.05) is 18.2 Å². The number of alkyl halides is 1. The van der Waals surface area contributed by atoms with Crippen LogP contribution in [0.25, 0.3) is 0 Å². The van der Waals surface area contributed by atoms with Gasteiger partial charge in [0.1, 0.15) is 6.10 Å². The monoisotopic (exact) mass is 288 g/mol. The van der Waals surface area contributed by atoms with Crippen LogP contribution in [0, 0.1) is 0 Å². The van der Waals surface area contributed by atoms with Crippen molar-refractivity contribution in [3.05, 3.63) is 35.4 Å². The molecule has 0 spiro atoms. The van der Waals surface area contributed by atoms with Gasteiger partial charge in [-0.2, -0.15) is 0 Å². The van der Waals surface area contributed by atoms with E-state index in [2.05, 4.69) is 15.9 Å². The fraction of sp³-hybridized carbons (Fsp3) is 0.500. The predicted octanol–water partition coefficient (Wildman–Crippen LogP) is 1.40. The molecule has 0 aromatic heterocycles. The molecule has 3 N–H and O–H groups in total. The van der Waals surface area contributed by atoms with Gasteiger partial charge in [0.15, 0.2) is 0 Å². The SMILES string of the molecule is OCCc1ccccc1C(O)C(O)CCBr. The van der Waals surface area contributed by atoms with Crippen molar-refractivity contribution in [3.63, 3.8) is 0 Å². The van der Waals surface area contributed by atoms with Crippen LogP contribution in [-0.4, -0.2) is 33.4 Å². The fourth-order valence-corrected chi connectivity index (χ4v) is 2.12. The maximum Gasteiger partial charge on any atom is 0.105 e. The molecular formula is C12H17BrO3. The summed E-state index contributed by atoms with van der Waals surface area (Å²) in [5, 5.41) is 29.3. The Kier molecular flexibility index (Phi) is 5.98. The van der Waals surface area contributed by atoms with Crippen molar-refractivity contribution in [2.45, 2.75) is 25.0 Å². The summed E-state index contributed by atoms with van der Waals surface area (Å²) in [4.78, 5) is 0. The molecule has 4 heteroatoms. The van der Waals surface area contributed by atoms with Crippen LogP contribution in [0.3, 0.4) is 0 Å². The lowest BCUT2D eigenvalue weighted by atomic mass is 9.96. The molecule has 1 aromatic carbocycles. The quantitative estimate of drug-likeness (QED) is 0.694. The molecule has 16 heavy (non-hydrogen) atoms. The van der Waals surface area contributed by atoms with Crippen molar-refractivity contribution < 1.29 is 15.3 Å². The summed E-state index contributed by atoms with van der Waals surface area (Å²) < 4.78 is 0. The molecule has 0 aliphatic rings. The second-order valence-electron chi connectivity index (χ2n) is 3.66. The molecule has 0 saturated carbocycles. The Labute approximate surface area is 104 Å². The molecule has 2 atom stereocenters. The molecule has 0 aliphatic carbocycles. The van der Waals surface area contributed by atoms with E-state index >= 15 is 0 Å². The standard InChI is InChI=1S/C12H17BrO3/c13-7-5-11(15)12(16)10-4-2-1-3-9(10)6-8-14/h1-4,11-12,14-16H,5-8H2. The first-order valence-corrected chi connectivity index (χ1v) is 6.43. The summed E-state index contributed by atoms with van der Waals surface area (Å²) in [6.45, 7) is 0.0400. The first-order valence-electron chi connectivity index (χ1n) is 5.31. The lowest BCUT2D eigenvalue weighted by Gasteiger charge is -2.20. The molecule has 0 aliphatic heterocycles. The molecule has 90 valence electrons. The van der Waals surface area contributed by atoms with Crippen LogP contribution in [0.15, 0.2) is 24.3 Å². The van der Waals surface area contributed by atoms with Crippen LogP contribution in [0.2, 0.25) is 0 Å². The Morgan fingerprint density at radius 2 is 1.88 bits per heavy atom. The molecule has 1 rings (SSSR count). The van der Waals surface area contributed by atoms with Gasteiger partial charge in [-0.25, -0.2) is 0 Å². The third-order valence-corrected chi connectivity index (χ3v) is 2.98. The molecule has 1 aromatic rings. The van der Waals surface area contributed by atoms with Crippen LogP contribution >= 0.6 is 15.9 Å². The first kappa shape index (κ1) is 13.6. The maximum atomic E-state index is 9.98. The largest absolute Gasteiger partial charge is 0.396 e. The highest BCUT2D eigenvalue weighted by atomic mass is 79.9. The van der Waals surface area contributed by atoms with Gasteiger partial charge in [0.2, 0.25) is 0 Å². The van der Waals surface area contributed by atoms with Crippen LogP contribution in [-0.2, 0) is 6.42 Å². The zero-order valence-electron chi connectivity index (χ0n) is 9.01. The van der Waals surface area contributed by atoms with Gasteiger partial charge in [-0.3, -0.25) is 0 Å². The molecule has 0 heterocycles. The minimum Gasteiger partial charge on any atom is -0.396 e. The molecule has 0 saturated heterocycles. The van der Waals surface area contributed by atoms with E-state index < -0.39 is 12.2 Å². The van der Waals surface area contributed by atoms with Gasteiger partial charge in [0.25, 0.3) is 0 Å². The van der Waals surface area contributed by atoms with Gasteiger partial charge >= 0.3 is 0 Å². The van der Waals surface area contributed by atoms with Crippen LogP contribution in [0.1, 0.15) is 23.7 Å². The van der Waals surface area contributed by atoms with Crippen molar-refractivity contribution in [3.8, 4) is 0 Å². The third kappa shape index (κ3) is 3.56. The third-order valence-electron chi connectivity index (χ3n) is 2.52. The minimum atomic E-state index is -0.889. The summed E-state index contributed by atoms with van der Waals surface area (Å²) in [5.74, 6) is 0. The highest BCUT2D eigenvalue weighted by molar-refractivity contribution is 9.09. The highest BCUT2D eigenvalue weighted by Crippen LogP contribution is 2.23. The zero-order valence-corrected chi connectivity index (χ0v) is 10.6. The van der Waals surface area contributed by atoms with Gasteiger partial charge in [-0.05, 0) is 24.0 Å². The van der Waals surface area contributed by atoms with Crippen molar-refractivity contribution in [1.29, 1.82) is 0 Å². The lowest BCUT2D eigenvalue weighted by Crippen LogP contribution is -2.20. The van der Waals surface area contributed by atoms with E-state index in [-0.39, 0.29) is 6.61 Å². The summed E-state index contributed by atoms with van der Waals surface area (Å²) in [6, 6.07) is 7.32. The summed E-state index contributed by atoms with van der Waals surface area (Å²) in [6.07, 6.45) is -0.678. The number of hydrogen-bond donors (Lipinski definition) is 3. The molecular weight excluding hydrogens is 272 g/mol. The Morgan fingerprint density at radius 1 is 1.19 bits per heavy atom. The van der Waals surface area contributed by atoms with Crippen LogP contribution < -0.4 is 0 Å². The van der Waals surface area contributed by atoms with Crippen molar-refractivity contribution in [2.75, 3.05) is 11.9 Å². The van der Waals surface area contributed by atoms with Crippen LogP contribution in [0.5, 0.6) is 0 Å². The van der Waals surface area contributed by atoms with E-state index in [4.69, 9.17) is 5.11 Å². The molecule has 0 amide bonds. The van der Waals surface area contributed by atoms with Gasteiger partial charge in [0.05, 0.1) is 6.10 Å². The zero-order chi connectivity index (χ0) is 12.0. The summed E-state index contributed by atoms with van der Waals surface area (Å²) in [5.41, 5.74) is 1.58. The number of hydrogen-bond acceptors (Lipinski definition) is 3. The maximum absolute atomic E-state index is 9.98. The van der Waals surface area contributed by atoms with Gasteiger partial charge in [0, 0.05) is 11.9 Å². The number of benzene rings is 1. The van der Waals surface area contributed by atoms with Crippen molar-refractivity contribution in [2.24, 2.45) is 0 Å². The first-order chi connectivity index (χ1) is 7.70. The van der Waals surface area contributed by atoms with E-state index in [0.29, 0.717) is 23.7 Å². The highest BCUT2D eigenvalue weighted by Gasteiger charge is 2.19. The van der Waals surface area contributed by atoms with Gasteiger partial charge in [-0.15, -0.1) is 0 Å². The fourth-order valence-electron chi connectivity index (χ4n) is 1.65. The van der Waals surface area contributed by atoms with E-state index in [9.17, 15) is 10.2 Å². The lowest BCUT2D eigenvalue weighted by molar-refractivity contribution is 0.0167. The van der Waals surface area contributed by atoms with E-state index in [0.717, 1.165) is 5.56 Å². The molecule has 0 radical (unpaired) electrons. The minimum absolute atomic E-state index is 0.0400. The summed E-state index contributed by atoms with van der Waals surface area (Å²) >= 11 is 3.23. The second kappa shape index (κ2) is 7.01. The second-order valence-corrected chi connectivity index (χ2v) is 4.46. The number of halogens is 1. The van der Waals surface area contributed by atoms with Gasteiger partial charge < -0.3 is 15.3 Å². The molecule has 3 nitrogen and oxygen atoms in total. The predicted molar refractivity (Wildman–Crippen MR) is 66.6 cm³/mol. The van der Waals surface area contributed by atoms with Gasteiger partial charge in [-0.1, -0.05) is 40.2 Å². The number of rotatable bonds is 6. The summed E-state index contributed by atoms with van der Waals surface area (Å²) in [7, 11) is 0. The van der Waals surface area contributed by atoms with Crippen LogP contribution in [0.4, 0.5) is 0 Å². The van der Waals surface area contributed by atoms with E-state index in [1.165, 1.54) is 0 Å². The molecule has 0 fully saturated rings. The Hall–Kier alpha value is -0.420. The average molecular weight is 289 g/mol. The number of aliphatic hydroxyl groups is 3. The van der Waals surface area contributed by atoms with Crippen molar-refractivity contribution >= 4 is 15.9 Å².